The zero-order chi connectivity index (χ0) is 21.0. The first-order valence-electron chi connectivity index (χ1n) is 9.21. The monoisotopic (exact) mass is 407 g/mol. The summed E-state index contributed by atoms with van der Waals surface area (Å²) >= 11 is 0. The van der Waals surface area contributed by atoms with Crippen LogP contribution in [0.2, 0.25) is 0 Å². The average molecular weight is 407 g/mol. The minimum Gasteiger partial charge on any atom is -0.381 e. The molecule has 1 amide bonds. The van der Waals surface area contributed by atoms with E-state index in [1.807, 2.05) is 4.90 Å². The molecule has 3 rings (SSSR count). The number of hydroxylamine groups is 1. The second-order valence-corrected chi connectivity index (χ2v) is 7.13. The van der Waals surface area contributed by atoms with E-state index in [0.717, 1.165) is 17.7 Å². The van der Waals surface area contributed by atoms with Gasteiger partial charge in [0.2, 0.25) is 0 Å². The maximum atomic E-state index is 14.6. The molecule has 1 aromatic carbocycles. The van der Waals surface area contributed by atoms with E-state index in [9.17, 15) is 18.7 Å². The third-order valence-electron chi connectivity index (χ3n) is 5.39. The molecule has 0 aliphatic carbocycles. The Bertz CT molecular complexity index is 880. The second-order valence-electron chi connectivity index (χ2n) is 7.13. The quantitative estimate of drug-likeness (QED) is 0.380. The number of carbonyl (C=O) groups is 1. The first-order chi connectivity index (χ1) is 13.8. The van der Waals surface area contributed by atoms with Crippen LogP contribution in [0.15, 0.2) is 42.5 Å². The van der Waals surface area contributed by atoms with Crippen LogP contribution in [0.4, 0.5) is 8.78 Å². The predicted molar refractivity (Wildman–Crippen MR) is 98.6 cm³/mol. The zero-order valence-corrected chi connectivity index (χ0v) is 15.9. The molecule has 0 spiro atoms. The van der Waals surface area contributed by atoms with Crippen LogP contribution in [-0.2, 0) is 16.9 Å². The minimum absolute atomic E-state index is 0.0251. The second kappa shape index (κ2) is 8.76. The Hall–Kier alpha value is -2.69. The van der Waals surface area contributed by atoms with Gasteiger partial charge < -0.3 is 5.11 Å². The number of carbonyl (C=O) groups excluding carboxylic acids is 1. The highest BCUT2D eigenvalue weighted by molar-refractivity contribution is 5.87. The highest BCUT2D eigenvalue weighted by atomic mass is 19.1. The molecule has 1 fully saturated rings. The molecule has 1 aromatic heterocycles. The summed E-state index contributed by atoms with van der Waals surface area (Å²) in [5, 5.41) is 24.2. The maximum Gasteiger partial charge on any atom is 0.267 e. The standard InChI is InChI=1S/C19H23F2N5O3/c1-13(25-6-4-14(5-7-25)8-18(27)24-29)19(28,10-26-12-22-11-23-26)16-3-2-15(20)9-17(16)21/h2-3,8-9,11-13,28-29H,4-7,10H2,1H3,(H,24,27)/t13-,19-/m1/s1. The van der Waals surface area contributed by atoms with Gasteiger partial charge in [0.1, 0.15) is 29.9 Å². The number of amides is 1. The van der Waals surface area contributed by atoms with E-state index in [-0.39, 0.29) is 12.1 Å². The van der Waals surface area contributed by atoms with Crippen LogP contribution in [0.5, 0.6) is 0 Å². The van der Waals surface area contributed by atoms with Gasteiger partial charge in [-0.2, -0.15) is 5.10 Å². The third-order valence-corrected chi connectivity index (χ3v) is 5.39. The fraction of sp³-hybridized carbons (Fsp3) is 0.421. The largest absolute Gasteiger partial charge is 0.381 e. The summed E-state index contributed by atoms with van der Waals surface area (Å²) in [7, 11) is 0. The molecule has 2 aromatic rings. The summed E-state index contributed by atoms with van der Waals surface area (Å²) < 4.78 is 29.4. The lowest BCUT2D eigenvalue weighted by Gasteiger charge is -2.43. The van der Waals surface area contributed by atoms with Gasteiger partial charge in [-0.25, -0.2) is 23.9 Å². The van der Waals surface area contributed by atoms with Gasteiger partial charge in [-0.05, 0) is 25.8 Å². The molecule has 0 unspecified atom stereocenters. The molecule has 1 aliphatic heterocycles. The van der Waals surface area contributed by atoms with Crippen LogP contribution in [0.25, 0.3) is 0 Å². The number of likely N-dealkylation sites (tertiary alicyclic amines) is 1. The highest BCUT2D eigenvalue weighted by Crippen LogP contribution is 2.34. The fourth-order valence-electron chi connectivity index (χ4n) is 3.71. The Morgan fingerprint density at radius 1 is 1.38 bits per heavy atom. The van der Waals surface area contributed by atoms with Crippen LogP contribution in [0.1, 0.15) is 25.3 Å². The molecule has 0 radical (unpaired) electrons. The smallest absolute Gasteiger partial charge is 0.267 e. The van der Waals surface area contributed by atoms with Gasteiger partial charge in [-0.1, -0.05) is 11.6 Å². The van der Waals surface area contributed by atoms with Gasteiger partial charge in [0, 0.05) is 36.8 Å². The van der Waals surface area contributed by atoms with Gasteiger partial charge in [-0.15, -0.1) is 0 Å². The maximum absolute atomic E-state index is 14.6. The minimum atomic E-state index is -1.70. The topological polar surface area (TPSA) is 104 Å². The molecule has 1 aliphatic rings. The van der Waals surface area contributed by atoms with Crippen LogP contribution in [-0.4, -0.2) is 55.0 Å². The number of rotatable bonds is 6. The van der Waals surface area contributed by atoms with Crippen LogP contribution >= 0.6 is 0 Å². The first-order valence-corrected chi connectivity index (χ1v) is 9.21. The highest BCUT2D eigenvalue weighted by Gasteiger charge is 2.42. The number of hydrogen-bond acceptors (Lipinski definition) is 6. The van der Waals surface area contributed by atoms with Crippen LogP contribution < -0.4 is 5.48 Å². The fourth-order valence-corrected chi connectivity index (χ4v) is 3.71. The van der Waals surface area contributed by atoms with Crippen molar-refractivity contribution < 1.29 is 23.9 Å². The lowest BCUT2D eigenvalue weighted by atomic mass is 9.84. The van der Waals surface area contributed by atoms with Crippen molar-refractivity contribution in [3.8, 4) is 0 Å². The summed E-state index contributed by atoms with van der Waals surface area (Å²) in [4.78, 5) is 17.1. The molecule has 29 heavy (non-hydrogen) atoms. The van der Waals surface area contributed by atoms with Gasteiger partial charge in [-0.3, -0.25) is 14.9 Å². The van der Waals surface area contributed by atoms with Crippen molar-refractivity contribution in [1.82, 2.24) is 25.1 Å². The van der Waals surface area contributed by atoms with E-state index >= 15 is 0 Å². The lowest BCUT2D eigenvalue weighted by Crippen LogP contribution is -2.53. The van der Waals surface area contributed by atoms with Crippen molar-refractivity contribution in [1.29, 1.82) is 0 Å². The number of nitrogens with zero attached hydrogens (tertiary/aromatic N) is 4. The molecular formula is C19H23F2N5O3. The predicted octanol–water partition coefficient (Wildman–Crippen LogP) is 1.36. The molecule has 0 bridgehead atoms. The van der Waals surface area contributed by atoms with Crippen molar-refractivity contribution in [3.63, 3.8) is 0 Å². The van der Waals surface area contributed by atoms with Crippen molar-refractivity contribution in [2.45, 2.75) is 38.0 Å². The van der Waals surface area contributed by atoms with Gasteiger partial charge >= 0.3 is 0 Å². The summed E-state index contributed by atoms with van der Waals surface area (Å²) in [6, 6.07) is 2.57. The SMILES string of the molecule is C[C@@H](N1CCC(=CC(=O)NO)CC1)[C@](O)(Cn1cncn1)c1ccc(F)cc1F. The Morgan fingerprint density at radius 2 is 2.10 bits per heavy atom. The Morgan fingerprint density at radius 3 is 2.69 bits per heavy atom. The molecule has 1 saturated heterocycles. The zero-order valence-electron chi connectivity index (χ0n) is 15.9. The van der Waals surface area contributed by atoms with Crippen molar-refractivity contribution in [2.75, 3.05) is 13.1 Å². The van der Waals surface area contributed by atoms with E-state index in [1.54, 1.807) is 12.4 Å². The number of hydrogen-bond donors (Lipinski definition) is 3. The van der Waals surface area contributed by atoms with Gasteiger partial charge in [0.25, 0.3) is 5.91 Å². The van der Waals surface area contributed by atoms with Crippen molar-refractivity contribution in [3.05, 3.63) is 59.7 Å². The van der Waals surface area contributed by atoms with Crippen LogP contribution in [0, 0.1) is 11.6 Å². The third kappa shape index (κ3) is 4.66. The molecule has 2 atom stereocenters. The Labute approximate surface area is 166 Å². The number of nitrogens with one attached hydrogen (secondary N) is 1. The molecule has 10 heteroatoms. The summed E-state index contributed by atoms with van der Waals surface area (Å²) in [5.74, 6) is -2.15. The summed E-state index contributed by atoms with van der Waals surface area (Å²) in [6.45, 7) is 2.75. The molecule has 2 heterocycles. The van der Waals surface area contributed by atoms with Gasteiger partial charge in [0.05, 0.1) is 6.54 Å². The average Bonchev–Trinajstić information content (AvgIpc) is 3.20. The van der Waals surface area contributed by atoms with E-state index in [2.05, 4.69) is 10.1 Å². The Balaban J connectivity index is 1.86. The summed E-state index contributed by atoms with van der Waals surface area (Å²) in [5.41, 5.74) is 0.715. The van der Waals surface area contributed by atoms with E-state index in [0.29, 0.717) is 25.9 Å². The summed E-state index contributed by atoms with van der Waals surface area (Å²) in [6.07, 6.45) is 5.20. The molecular weight excluding hydrogens is 384 g/mol. The number of piperidine rings is 1. The Kier molecular flexibility index (Phi) is 6.36. The van der Waals surface area contributed by atoms with Gasteiger partial charge in [0.15, 0.2) is 0 Å². The molecule has 8 nitrogen and oxygen atoms in total. The molecule has 3 N–H and O–H groups in total. The number of aliphatic hydroxyl groups is 1. The van der Waals surface area contributed by atoms with Crippen LogP contribution in [0.3, 0.4) is 0 Å². The van der Waals surface area contributed by atoms with Crippen molar-refractivity contribution >= 4 is 5.91 Å². The first kappa shape index (κ1) is 21.0. The van der Waals surface area contributed by atoms with E-state index < -0.39 is 29.2 Å². The normalized spacial score (nSPS) is 18.2. The van der Waals surface area contributed by atoms with Crippen molar-refractivity contribution in [2.24, 2.45) is 0 Å². The lowest BCUT2D eigenvalue weighted by molar-refractivity contribution is -0.124. The number of aromatic nitrogens is 3. The van der Waals surface area contributed by atoms with E-state index in [1.165, 1.54) is 29.5 Å². The molecule has 156 valence electrons. The molecule has 0 saturated carbocycles. The number of benzene rings is 1. The van der Waals surface area contributed by atoms with E-state index in [4.69, 9.17) is 5.21 Å². The number of halogens is 2.